The molecule has 0 radical (unpaired) electrons. The van der Waals surface area contributed by atoms with Gasteiger partial charge in [0.2, 0.25) is 0 Å². The molecule has 0 amide bonds. The molecule has 1 aliphatic carbocycles. The maximum Gasteiger partial charge on any atom is 0.417 e. The van der Waals surface area contributed by atoms with Crippen molar-refractivity contribution in [2.45, 2.75) is 38.0 Å². The summed E-state index contributed by atoms with van der Waals surface area (Å²) in [6.07, 6.45) is -6.20. The minimum atomic E-state index is -5.08. The SMILES string of the molecule is OC1=c2cc3cc(CCc4ccc(C(F)(F)F)c(C(F)(F)F)c4)ccc3cc2=CCC1. The van der Waals surface area contributed by atoms with Crippen LogP contribution in [0.15, 0.2) is 48.5 Å². The zero-order valence-electron chi connectivity index (χ0n) is 16.2. The van der Waals surface area contributed by atoms with Gasteiger partial charge in [0.05, 0.1) is 11.1 Å². The van der Waals surface area contributed by atoms with Gasteiger partial charge in [-0.3, -0.25) is 0 Å². The van der Waals surface area contributed by atoms with Gasteiger partial charge in [-0.25, -0.2) is 0 Å². The number of benzene rings is 3. The molecule has 0 atom stereocenters. The van der Waals surface area contributed by atoms with E-state index < -0.39 is 23.5 Å². The third-order valence-electron chi connectivity index (χ3n) is 5.53. The van der Waals surface area contributed by atoms with Gasteiger partial charge in [0.25, 0.3) is 0 Å². The fourth-order valence-electron chi connectivity index (χ4n) is 3.96. The van der Waals surface area contributed by atoms with Crippen molar-refractivity contribution in [2.24, 2.45) is 0 Å². The molecule has 7 heteroatoms. The minimum absolute atomic E-state index is 0.169. The molecule has 1 aliphatic rings. The Labute approximate surface area is 173 Å². The summed E-state index contributed by atoms with van der Waals surface area (Å²) in [5.41, 5.74) is -2.30. The van der Waals surface area contributed by atoms with E-state index in [1.807, 2.05) is 30.3 Å². The summed E-state index contributed by atoms with van der Waals surface area (Å²) < 4.78 is 78.2. The predicted molar refractivity (Wildman–Crippen MR) is 107 cm³/mol. The molecule has 1 nitrogen and oxygen atoms in total. The highest BCUT2D eigenvalue weighted by molar-refractivity contribution is 5.84. The first kappa shape index (κ1) is 21.3. The van der Waals surface area contributed by atoms with E-state index in [1.54, 1.807) is 0 Å². The van der Waals surface area contributed by atoms with Crippen LogP contribution in [-0.4, -0.2) is 5.11 Å². The highest BCUT2D eigenvalue weighted by atomic mass is 19.4. The minimum Gasteiger partial charge on any atom is -0.512 e. The maximum absolute atomic E-state index is 13.1. The number of alkyl halides is 6. The molecule has 0 unspecified atom stereocenters. The Kier molecular flexibility index (Phi) is 5.23. The number of hydrogen-bond acceptors (Lipinski definition) is 1. The predicted octanol–water partition coefficient (Wildman–Crippen LogP) is 5.90. The maximum atomic E-state index is 13.1. The largest absolute Gasteiger partial charge is 0.512 e. The molecule has 3 aromatic rings. The van der Waals surface area contributed by atoms with Crippen LogP contribution in [0.25, 0.3) is 22.6 Å². The molecule has 1 N–H and O–H groups in total. The Balaban J connectivity index is 1.63. The third-order valence-corrected chi connectivity index (χ3v) is 5.53. The molecule has 0 aromatic heterocycles. The number of aliphatic hydroxyl groups excluding tert-OH is 1. The topological polar surface area (TPSA) is 20.2 Å². The molecule has 0 heterocycles. The van der Waals surface area contributed by atoms with Crippen LogP contribution < -0.4 is 10.4 Å². The average Bonchev–Trinajstić information content (AvgIpc) is 2.70. The zero-order chi connectivity index (χ0) is 22.4. The summed E-state index contributed by atoms with van der Waals surface area (Å²) in [5, 5.41) is 13.7. The van der Waals surface area contributed by atoms with Crippen LogP contribution in [0.5, 0.6) is 0 Å². The van der Waals surface area contributed by atoms with E-state index in [1.165, 1.54) is 0 Å². The van der Waals surface area contributed by atoms with E-state index >= 15 is 0 Å². The van der Waals surface area contributed by atoms with E-state index in [0.717, 1.165) is 39.3 Å². The van der Waals surface area contributed by atoms with Crippen LogP contribution >= 0.6 is 0 Å². The lowest BCUT2D eigenvalue weighted by Gasteiger charge is -2.16. The molecule has 0 bridgehead atoms. The van der Waals surface area contributed by atoms with Crippen molar-refractivity contribution in [2.75, 3.05) is 0 Å². The van der Waals surface area contributed by atoms with Crippen molar-refractivity contribution in [3.63, 3.8) is 0 Å². The fourth-order valence-corrected chi connectivity index (χ4v) is 3.96. The Hall–Kier alpha value is -2.96. The first-order valence-corrected chi connectivity index (χ1v) is 9.75. The van der Waals surface area contributed by atoms with Crippen molar-refractivity contribution in [1.82, 2.24) is 0 Å². The van der Waals surface area contributed by atoms with Gasteiger partial charge in [0.15, 0.2) is 0 Å². The Morgan fingerprint density at radius 3 is 2.03 bits per heavy atom. The second-order valence-electron chi connectivity index (χ2n) is 7.69. The fraction of sp³-hybridized carbons (Fsp3) is 0.250. The number of hydrogen-bond donors (Lipinski definition) is 1. The number of aliphatic hydroxyl groups is 1. The van der Waals surface area contributed by atoms with Crippen LogP contribution in [0.4, 0.5) is 26.3 Å². The molecule has 0 saturated carbocycles. The highest BCUT2D eigenvalue weighted by Crippen LogP contribution is 2.40. The van der Waals surface area contributed by atoms with Crippen molar-refractivity contribution >= 4 is 22.6 Å². The van der Waals surface area contributed by atoms with Gasteiger partial charge in [-0.1, -0.05) is 30.3 Å². The summed E-state index contributed by atoms with van der Waals surface area (Å²) in [6.45, 7) is 0. The highest BCUT2D eigenvalue weighted by Gasteiger charge is 2.42. The van der Waals surface area contributed by atoms with Crippen molar-refractivity contribution < 1.29 is 31.4 Å². The molecule has 0 aliphatic heterocycles. The summed E-state index contributed by atoms with van der Waals surface area (Å²) in [5.74, 6) is 0.328. The van der Waals surface area contributed by atoms with Gasteiger partial charge in [0.1, 0.15) is 5.76 Å². The number of fused-ring (bicyclic) bond motifs is 2. The number of rotatable bonds is 3. The summed E-state index contributed by atoms with van der Waals surface area (Å²) in [7, 11) is 0. The van der Waals surface area contributed by atoms with Crippen LogP contribution in [0.2, 0.25) is 0 Å². The Morgan fingerprint density at radius 1 is 0.710 bits per heavy atom. The molecule has 162 valence electrons. The van der Waals surface area contributed by atoms with E-state index in [2.05, 4.69) is 6.08 Å². The lowest BCUT2D eigenvalue weighted by Crippen LogP contribution is -2.29. The smallest absolute Gasteiger partial charge is 0.417 e. The second kappa shape index (κ2) is 7.62. The molecule has 0 fully saturated rings. The van der Waals surface area contributed by atoms with Gasteiger partial charge < -0.3 is 5.11 Å². The van der Waals surface area contributed by atoms with Gasteiger partial charge in [-0.05, 0) is 70.6 Å². The summed E-state index contributed by atoms with van der Waals surface area (Å²) in [4.78, 5) is 0. The Bertz CT molecular complexity index is 1270. The molecule has 4 rings (SSSR count). The molecule has 0 saturated heterocycles. The molecular formula is C24H18F6O. The Morgan fingerprint density at radius 2 is 1.35 bits per heavy atom. The molecular weight excluding hydrogens is 418 g/mol. The summed E-state index contributed by atoms with van der Waals surface area (Å²) in [6, 6.07) is 11.7. The first-order valence-electron chi connectivity index (χ1n) is 9.75. The molecule has 3 aromatic carbocycles. The van der Waals surface area contributed by atoms with E-state index in [4.69, 9.17) is 0 Å². The zero-order valence-corrected chi connectivity index (χ0v) is 16.2. The van der Waals surface area contributed by atoms with Crippen molar-refractivity contribution in [3.8, 4) is 0 Å². The van der Waals surface area contributed by atoms with Crippen LogP contribution in [0.3, 0.4) is 0 Å². The van der Waals surface area contributed by atoms with Gasteiger partial charge >= 0.3 is 12.4 Å². The van der Waals surface area contributed by atoms with Crippen LogP contribution in [-0.2, 0) is 25.2 Å². The van der Waals surface area contributed by atoms with Crippen LogP contribution in [0, 0.1) is 0 Å². The van der Waals surface area contributed by atoms with Gasteiger partial charge in [-0.15, -0.1) is 0 Å². The lowest BCUT2D eigenvalue weighted by molar-refractivity contribution is -0.162. The van der Waals surface area contributed by atoms with Crippen molar-refractivity contribution in [3.05, 3.63) is 81.2 Å². The second-order valence-corrected chi connectivity index (χ2v) is 7.69. The normalized spacial score (nSPS) is 14.5. The van der Waals surface area contributed by atoms with Gasteiger partial charge in [0, 0.05) is 11.6 Å². The molecule has 31 heavy (non-hydrogen) atoms. The van der Waals surface area contributed by atoms with E-state index in [-0.39, 0.29) is 12.0 Å². The average molecular weight is 436 g/mol. The van der Waals surface area contributed by atoms with E-state index in [0.29, 0.717) is 30.7 Å². The molecule has 0 spiro atoms. The quantitative estimate of drug-likeness (QED) is 0.507. The monoisotopic (exact) mass is 436 g/mol. The van der Waals surface area contributed by atoms with E-state index in [9.17, 15) is 31.4 Å². The van der Waals surface area contributed by atoms with Gasteiger partial charge in [-0.2, -0.15) is 26.3 Å². The summed E-state index contributed by atoms with van der Waals surface area (Å²) >= 11 is 0. The number of aryl methyl sites for hydroxylation is 2. The number of halogens is 6. The first-order chi connectivity index (χ1) is 14.5. The standard InChI is InChI=1S/C24H18F6O/c25-23(26,27)20-9-7-15(11-21(20)24(28,29)30)5-4-14-6-8-16-12-17-2-1-3-22(31)19(17)13-18(16)10-14/h2,6-13,31H,1,3-5H2. The van der Waals surface area contributed by atoms with Crippen LogP contribution in [0.1, 0.15) is 35.1 Å². The lowest BCUT2D eigenvalue weighted by atomic mass is 9.96. The van der Waals surface area contributed by atoms with Crippen molar-refractivity contribution in [1.29, 1.82) is 0 Å². The third kappa shape index (κ3) is 4.40.